The fraction of sp³-hybridized carbons (Fsp3) is 0. The largest absolute Gasteiger partial charge is 0.456 e. The summed E-state index contributed by atoms with van der Waals surface area (Å²) in [7, 11) is 0. The second-order valence-electron chi connectivity index (χ2n) is 10.4. The van der Waals surface area contributed by atoms with E-state index in [9.17, 15) is 0 Å². The van der Waals surface area contributed by atoms with Crippen LogP contribution in [-0.4, -0.2) is 4.98 Å². The summed E-state index contributed by atoms with van der Waals surface area (Å²) < 4.78 is 9.94. The van der Waals surface area contributed by atoms with Crippen molar-refractivity contribution in [2.75, 3.05) is 4.90 Å². The molecule has 0 fully saturated rings. The van der Waals surface area contributed by atoms with Crippen LogP contribution in [0, 0.1) is 0 Å². The standard InChI is InChI=1S/C37H22N2OS2/c1-3-9-23(10-4-1)37-38-30-18-20-33-35(36(30)42-37)28-17-15-26(22-34(28)41-33)39(24-11-5-2-6-12-24)25-16-19-32-29(21-25)27-13-7-8-14-31(27)40-32/h1-22H. The number of rotatable bonds is 4. The van der Waals surface area contributed by atoms with Gasteiger partial charge in [-0.2, -0.15) is 0 Å². The van der Waals surface area contributed by atoms with Crippen molar-refractivity contribution in [3.8, 4) is 10.6 Å². The van der Waals surface area contributed by atoms with Gasteiger partial charge in [-0.15, -0.1) is 22.7 Å². The van der Waals surface area contributed by atoms with Gasteiger partial charge in [0.1, 0.15) is 16.2 Å². The summed E-state index contributed by atoms with van der Waals surface area (Å²) in [6.45, 7) is 0. The number of hydrogen-bond donors (Lipinski definition) is 0. The van der Waals surface area contributed by atoms with E-state index in [4.69, 9.17) is 9.40 Å². The van der Waals surface area contributed by atoms with Gasteiger partial charge in [0.25, 0.3) is 0 Å². The van der Waals surface area contributed by atoms with E-state index in [2.05, 4.69) is 120 Å². The number of furan rings is 1. The molecule has 0 saturated heterocycles. The zero-order valence-electron chi connectivity index (χ0n) is 22.3. The van der Waals surface area contributed by atoms with Crippen molar-refractivity contribution in [3.05, 3.63) is 133 Å². The van der Waals surface area contributed by atoms with Crippen molar-refractivity contribution in [2.24, 2.45) is 0 Å². The summed E-state index contributed by atoms with van der Waals surface area (Å²) in [6, 6.07) is 47.0. The number of nitrogens with zero attached hydrogens (tertiary/aromatic N) is 2. The molecule has 42 heavy (non-hydrogen) atoms. The van der Waals surface area contributed by atoms with E-state index >= 15 is 0 Å². The van der Waals surface area contributed by atoms with Gasteiger partial charge in [-0.05, 0) is 60.7 Å². The maximum absolute atomic E-state index is 6.13. The van der Waals surface area contributed by atoms with Gasteiger partial charge < -0.3 is 9.32 Å². The van der Waals surface area contributed by atoms with Crippen molar-refractivity contribution in [1.29, 1.82) is 0 Å². The third-order valence-corrected chi connectivity index (χ3v) is 10.1. The van der Waals surface area contributed by atoms with Crippen molar-refractivity contribution in [2.45, 2.75) is 0 Å². The zero-order valence-corrected chi connectivity index (χ0v) is 24.0. The van der Waals surface area contributed by atoms with Gasteiger partial charge in [0, 0.05) is 53.6 Å². The molecule has 0 radical (unpaired) electrons. The first-order valence-electron chi connectivity index (χ1n) is 13.9. The second kappa shape index (κ2) is 9.28. The molecule has 3 heterocycles. The quantitative estimate of drug-likeness (QED) is 0.209. The average Bonchev–Trinajstić information content (AvgIpc) is 3.75. The zero-order chi connectivity index (χ0) is 27.6. The van der Waals surface area contributed by atoms with Gasteiger partial charge in [-0.3, -0.25) is 0 Å². The van der Waals surface area contributed by atoms with Crippen LogP contribution in [0.3, 0.4) is 0 Å². The number of fused-ring (bicyclic) bond motifs is 8. The van der Waals surface area contributed by atoms with E-state index in [0.717, 1.165) is 55.1 Å². The van der Waals surface area contributed by atoms with Gasteiger partial charge in [0.15, 0.2) is 0 Å². The van der Waals surface area contributed by atoms with Crippen molar-refractivity contribution in [1.82, 2.24) is 4.98 Å². The minimum Gasteiger partial charge on any atom is -0.456 e. The molecule has 0 N–H and O–H groups in total. The van der Waals surface area contributed by atoms with E-state index in [1.54, 1.807) is 11.3 Å². The molecule has 0 saturated carbocycles. The number of thiazole rings is 1. The monoisotopic (exact) mass is 574 g/mol. The molecule has 0 atom stereocenters. The Hall–Kier alpha value is -4.97. The third kappa shape index (κ3) is 3.68. The number of hydrogen-bond acceptors (Lipinski definition) is 5. The lowest BCUT2D eigenvalue weighted by Gasteiger charge is -2.25. The van der Waals surface area contributed by atoms with Crippen LogP contribution in [0.1, 0.15) is 0 Å². The molecule has 0 bridgehead atoms. The Labute approximate surface area is 249 Å². The molecular formula is C37H22N2OS2. The van der Waals surface area contributed by atoms with Crippen LogP contribution >= 0.6 is 22.7 Å². The van der Waals surface area contributed by atoms with E-state index in [1.807, 2.05) is 29.5 Å². The molecule has 0 unspecified atom stereocenters. The summed E-state index contributed by atoms with van der Waals surface area (Å²) in [5.41, 5.74) is 7.36. The van der Waals surface area contributed by atoms with Crippen LogP contribution in [-0.2, 0) is 0 Å². The molecule has 0 amide bonds. The lowest BCUT2D eigenvalue weighted by molar-refractivity contribution is 0.669. The Morgan fingerprint density at radius 1 is 0.524 bits per heavy atom. The van der Waals surface area contributed by atoms with Crippen LogP contribution in [0.5, 0.6) is 0 Å². The Kier molecular flexibility index (Phi) is 5.24. The molecule has 9 rings (SSSR count). The molecule has 198 valence electrons. The van der Waals surface area contributed by atoms with Crippen LogP contribution in [0.15, 0.2) is 138 Å². The topological polar surface area (TPSA) is 29.3 Å². The number of aromatic nitrogens is 1. The highest BCUT2D eigenvalue weighted by molar-refractivity contribution is 7.28. The van der Waals surface area contributed by atoms with E-state index in [1.165, 1.54) is 24.9 Å². The van der Waals surface area contributed by atoms with E-state index < -0.39 is 0 Å². The summed E-state index contributed by atoms with van der Waals surface area (Å²) in [4.78, 5) is 7.33. The van der Waals surface area contributed by atoms with Crippen LogP contribution < -0.4 is 4.90 Å². The summed E-state index contributed by atoms with van der Waals surface area (Å²) in [6.07, 6.45) is 0. The second-order valence-corrected chi connectivity index (χ2v) is 12.5. The molecule has 0 spiro atoms. The van der Waals surface area contributed by atoms with Crippen LogP contribution in [0.4, 0.5) is 17.1 Å². The highest BCUT2D eigenvalue weighted by Gasteiger charge is 2.18. The smallest absolute Gasteiger partial charge is 0.135 e. The summed E-state index contributed by atoms with van der Waals surface area (Å²) >= 11 is 3.63. The Balaban J connectivity index is 1.23. The molecule has 0 aliphatic carbocycles. The van der Waals surface area contributed by atoms with E-state index in [0.29, 0.717) is 0 Å². The number of benzene rings is 6. The minimum absolute atomic E-state index is 0.899. The maximum Gasteiger partial charge on any atom is 0.135 e. The van der Waals surface area contributed by atoms with Crippen molar-refractivity contribution < 1.29 is 4.42 Å². The minimum atomic E-state index is 0.899. The predicted molar refractivity (Wildman–Crippen MR) is 180 cm³/mol. The number of thiophene rings is 1. The van der Waals surface area contributed by atoms with Crippen LogP contribution in [0.2, 0.25) is 0 Å². The van der Waals surface area contributed by atoms with Gasteiger partial charge in [-0.1, -0.05) is 72.8 Å². The summed E-state index contributed by atoms with van der Waals surface area (Å²) in [5, 5.41) is 5.89. The molecular weight excluding hydrogens is 553 g/mol. The highest BCUT2D eigenvalue weighted by atomic mass is 32.1. The SMILES string of the molecule is c1ccc(-c2nc3ccc4sc5cc(N(c6ccccc6)c6ccc7oc8ccccc8c7c6)ccc5c4c3s2)cc1. The van der Waals surface area contributed by atoms with Gasteiger partial charge in [0.2, 0.25) is 0 Å². The first kappa shape index (κ1) is 23.7. The highest BCUT2D eigenvalue weighted by Crippen LogP contribution is 2.45. The lowest BCUT2D eigenvalue weighted by Crippen LogP contribution is -2.09. The van der Waals surface area contributed by atoms with E-state index in [-0.39, 0.29) is 0 Å². The molecule has 5 heteroatoms. The molecule has 9 aromatic rings. The van der Waals surface area contributed by atoms with Gasteiger partial charge in [-0.25, -0.2) is 4.98 Å². The Morgan fingerprint density at radius 3 is 2.14 bits per heavy atom. The molecule has 3 aromatic heterocycles. The fourth-order valence-electron chi connectivity index (χ4n) is 5.96. The fourth-order valence-corrected chi connectivity index (χ4v) is 8.30. The molecule has 6 aromatic carbocycles. The molecule has 3 nitrogen and oxygen atoms in total. The first-order chi connectivity index (χ1) is 20.8. The van der Waals surface area contributed by atoms with Crippen molar-refractivity contribution in [3.63, 3.8) is 0 Å². The number of anilines is 3. The Morgan fingerprint density at radius 2 is 1.26 bits per heavy atom. The maximum atomic E-state index is 6.13. The molecule has 0 aliphatic heterocycles. The third-order valence-electron chi connectivity index (χ3n) is 7.89. The number of para-hydroxylation sites is 2. The van der Waals surface area contributed by atoms with Crippen LogP contribution in [0.25, 0.3) is 62.9 Å². The normalized spacial score (nSPS) is 11.8. The van der Waals surface area contributed by atoms with Crippen molar-refractivity contribution >= 4 is 92.1 Å². The lowest BCUT2D eigenvalue weighted by atomic mass is 10.1. The first-order valence-corrected chi connectivity index (χ1v) is 15.5. The molecule has 0 aliphatic rings. The predicted octanol–water partition coefficient (Wildman–Crippen LogP) is 11.7. The van der Waals surface area contributed by atoms with Gasteiger partial charge in [0.05, 0.1) is 10.2 Å². The summed E-state index contributed by atoms with van der Waals surface area (Å²) in [5.74, 6) is 0. The Bertz CT molecular complexity index is 2420. The average molecular weight is 575 g/mol. The van der Waals surface area contributed by atoms with Gasteiger partial charge >= 0.3 is 0 Å².